The number of aliphatic hydroxyl groups is 1. The van der Waals surface area contributed by atoms with E-state index in [2.05, 4.69) is 5.32 Å². The summed E-state index contributed by atoms with van der Waals surface area (Å²) in [5.41, 5.74) is -0.807. The van der Waals surface area contributed by atoms with Crippen molar-refractivity contribution in [1.29, 1.82) is 0 Å². The molecular weight excluding hydrogens is 271 g/mol. The highest BCUT2D eigenvalue weighted by Gasteiger charge is 2.42. The molecule has 2 aliphatic rings. The van der Waals surface area contributed by atoms with E-state index in [1.54, 1.807) is 0 Å². The summed E-state index contributed by atoms with van der Waals surface area (Å²) in [6, 6.07) is 0. The minimum atomic E-state index is -4.14. The van der Waals surface area contributed by atoms with E-state index in [1.165, 1.54) is 0 Å². The third-order valence-corrected chi connectivity index (χ3v) is 4.69. The molecule has 2 N–H and O–H groups in total. The molecule has 0 radical (unpaired) electrons. The largest absolute Gasteiger partial charge is 0.391 e. The van der Waals surface area contributed by atoms with Crippen LogP contribution >= 0.6 is 0 Å². The summed E-state index contributed by atoms with van der Waals surface area (Å²) >= 11 is 0. The van der Waals surface area contributed by atoms with E-state index in [4.69, 9.17) is 0 Å². The molecule has 2 saturated carbocycles. The van der Waals surface area contributed by atoms with Crippen molar-refractivity contribution in [3.8, 4) is 0 Å². The minimum Gasteiger partial charge on any atom is -0.388 e. The molecule has 0 heterocycles. The Hall–Kier alpha value is -0.780. The van der Waals surface area contributed by atoms with Gasteiger partial charge in [0.05, 0.1) is 11.5 Å². The highest BCUT2D eigenvalue weighted by atomic mass is 19.4. The molecule has 0 bridgehead atoms. The van der Waals surface area contributed by atoms with Crippen LogP contribution in [0.2, 0.25) is 0 Å². The van der Waals surface area contributed by atoms with Crippen LogP contribution in [0.4, 0.5) is 13.2 Å². The number of halogens is 3. The Morgan fingerprint density at radius 2 is 1.70 bits per heavy atom. The molecule has 2 aliphatic carbocycles. The van der Waals surface area contributed by atoms with Crippen LogP contribution in [0.15, 0.2) is 0 Å². The molecule has 0 aromatic rings. The summed E-state index contributed by atoms with van der Waals surface area (Å²) in [7, 11) is 0. The monoisotopic (exact) mass is 293 g/mol. The van der Waals surface area contributed by atoms with Gasteiger partial charge >= 0.3 is 6.18 Å². The van der Waals surface area contributed by atoms with Crippen molar-refractivity contribution in [2.24, 2.45) is 11.8 Å². The van der Waals surface area contributed by atoms with Crippen molar-refractivity contribution in [2.45, 2.75) is 63.1 Å². The van der Waals surface area contributed by atoms with Gasteiger partial charge in [0.2, 0.25) is 5.91 Å². The van der Waals surface area contributed by atoms with E-state index in [-0.39, 0.29) is 44.1 Å². The van der Waals surface area contributed by atoms with Gasteiger partial charge in [0.15, 0.2) is 0 Å². The van der Waals surface area contributed by atoms with Crippen LogP contribution in [0.1, 0.15) is 51.4 Å². The van der Waals surface area contributed by atoms with Crippen LogP contribution in [-0.2, 0) is 4.79 Å². The van der Waals surface area contributed by atoms with Crippen LogP contribution in [0, 0.1) is 11.8 Å². The first-order valence-electron chi connectivity index (χ1n) is 7.37. The molecule has 1 amide bonds. The second kappa shape index (κ2) is 5.92. The van der Waals surface area contributed by atoms with Crippen LogP contribution in [-0.4, -0.2) is 29.3 Å². The predicted molar refractivity (Wildman–Crippen MR) is 67.9 cm³/mol. The third-order valence-electron chi connectivity index (χ3n) is 4.69. The van der Waals surface area contributed by atoms with E-state index in [0.29, 0.717) is 12.8 Å². The summed E-state index contributed by atoms with van der Waals surface area (Å²) < 4.78 is 37.6. The van der Waals surface area contributed by atoms with Crippen LogP contribution in [0.3, 0.4) is 0 Å². The van der Waals surface area contributed by atoms with Crippen LogP contribution in [0.5, 0.6) is 0 Å². The first-order chi connectivity index (χ1) is 9.30. The maximum atomic E-state index is 12.5. The summed E-state index contributed by atoms with van der Waals surface area (Å²) in [6.07, 6.45) is -0.199. The standard InChI is InChI=1S/C14H22F3NO2/c15-14(16,17)11-5-3-10(4-6-11)12(19)18-9-13(20)7-1-2-8-13/h10-11,20H,1-9H2,(H,18,19). The second-order valence-corrected chi connectivity index (χ2v) is 6.24. The first-order valence-corrected chi connectivity index (χ1v) is 7.37. The van der Waals surface area contributed by atoms with Crippen molar-refractivity contribution >= 4 is 5.91 Å². The Kier molecular flexibility index (Phi) is 4.62. The molecule has 3 nitrogen and oxygen atoms in total. The summed E-state index contributed by atoms with van der Waals surface area (Å²) in [5.74, 6) is -1.80. The fraction of sp³-hybridized carbons (Fsp3) is 0.929. The normalized spacial score (nSPS) is 30.2. The van der Waals surface area contributed by atoms with Crippen LogP contribution < -0.4 is 5.32 Å². The molecule has 0 atom stereocenters. The quantitative estimate of drug-likeness (QED) is 0.840. The zero-order chi connectivity index (χ0) is 14.8. The number of nitrogens with one attached hydrogen (secondary N) is 1. The van der Waals surface area contributed by atoms with Crippen molar-refractivity contribution < 1.29 is 23.1 Å². The lowest BCUT2D eigenvalue weighted by molar-refractivity contribution is -0.184. The molecule has 0 saturated heterocycles. The average molecular weight is 293 g/mol. The molecule has 0 aromatic carbocycles. The van der Waals surface area contributed by atoms with Gasteiger partial charge < -0.3 is 10.4 Å². The smallest absolute Gasteiger partial charge is 0.388 e. The first kappa shape index (κ1) is 15.6. The summed E-state index contributed by atoms with van der Waals surface area (Å²) in [6.45, 7) is 0.227. The van der Waals surface area contributed by atoms with Gasteiger partial charge in [0.25, 0.3) is 0 Å². The second-order valence-electron chi connectivity index (χ2n) is 6.24. The highest BCUT2D eigenvalue weighted by molar-refractivity contribution is 5.78. The fourth-order valence-corrected chi connectivity index (χ4v) is 3.29. The van der Waals surface area contributed by atoms with E-state index >= 15 is 0 Å². The molecule has 116 valence electrons. The lowest BCUT2D eigenvalue weighted by atomic mass is 9.81. The Labute approximate surface area is 116 Å². The third kappa shape index (κ3) is 3.87. The SMILES string of the molecule is O=C(NCC1(O)CCCC1)C1CCC(C(F)(F)F)CC1. The maximum absolute atomic E-state index is 12.5. The molecular formula is C14H22F3NO2. The number of carbonyl (C=O) groups excluding carboxylic acids is 1. The topological polar surface area (TPSA) is 49.3 Å². The Balaban J connectivity index is 1.75. The molecule has 0 unspecified atom stereocenters. The van der Waals surface area contributed by atoms with Gasteiger partial charge in [-0.3, -0.25) is 4.79 Å². The number of hydrogen-bond donors (Lipinski definition) is 2. The molecule has 2 fully saturated rings. The van der Waals surface area contributed by atoms with Gasteiger partial charge in [-0.25, -0.2) is 0 Å². The lowest BCUT2D eigenvalue weighted by Gasteiger charge is -2.30. The Morgan fingerprint density at radius 1 is 1.15 bits per heavy atom. The van der Waals surface area contributed by atoms with E-state index in [0.717, 1.165) is 12.8 Å². The van der Waals surface area contributed by atoms with Gasteiger partial charge in [-0.05, 0) is 38.5 Å². The van der Waals surface area contributed by atoms with Crippen LogP contribution in [0.25, 0.3) is 0 Å². The van der Waals surface area contributed by atoms with E-state index in [9.17, 15) is 23.1 Å². The zero-order valence-electron chi connectivity index (χ0n) is 11.5. The van der Waals surface area contributed by atoms with Gasteiger partial charge in [-0.1, -0.05) is 12.8 Å². The fourth-order valence-electron chi connectivity index (χ4n) is 3.29. The number of rotatable bonds is 3. The van der Waals surface area contributed by atoms with Crippen molar-refractivity contribution in [3.63, 3.8) is 0 Å². The van der Waals surface area contributed by atoms with Gasteiger partial charge in [0.1, 0.15) is 0 Å². The Morgan fingerprint density at radius 3 is 2.20 bits per heavy atom. The summed E-state index contributed by atoms with van der Waals surface area (Å²) in [4.78, 5) is 11.9. The molecule has 0 spiro atoms. The minimum absolute atomic E-state index is 0.0336. The molecule has 2 rings (SSSR count). The van der Waals surface area contributed by atoms with Gasteiger partial charge in [0, 0.05) is 12.5 Å². The molecule has 20 heavy (non-hydrogen) atoms. The maximum Gasteiger partial charge on any atom is 0.391 e. The Bertz CT molecular complexity index is 343. The van der Waals surface area contributed by atoms with Gasteiger partial charge in [-0.15, -0.1) is 0 Å². The highest BCUT2D eigenvalue weighted by Crippen LogP contribution is 2.39. The molecule has 0 aromatic heterocycles. The van der Waals surface area contributed by atoms with E-state index < -0.39 is 17.7 Å². The number of carbonyl (C=O) groups is 1. The van der Waals surface area contributed by atoms with Gasteiger partial charge in [-0.2, -0.15) is 13.2 Å². The molecule has 6 heteroatoms. The molecule has 0 aliphatic heterocycles. The van der Waals surface area contributed by atoms with E-state index in [1.807, 2.05) is 0 Å². The van der Waals surface area contributed by atoms with Crippen molar-refractivity contribution in [3.05, 3.63) is 0 Å². The average Bonchev–Trinajstić information content (AvgIpc) is 2.83. The van der Waals surface area contributed by atoms with Crippen molar-refractivity contribution in [2.75, 3.05) is 6.54 Å². The number of hydrogen-bond acceptors (Lipinski definition) is 2. The van der Waals surface area contributed by atoms with Crippen molar-refractivity contribution in [1.82, 2.24) is 5.32 Å². The number of amides is 1. The number of alkyl halides is 3. The summed E-state index contributed by atoms with van der Waals surface area (Å²) in [5, 5.41) is 12.8. The zero-order valence-corrected chi connectivity index (χ0v) is 11.5. The lowest BCUT2D eigenvalue weighted by Crippen LogP contribution is -2.44. The predicted octanol–water partition coefficient (Wildman–Crippen LogP) is 2.78.